The molecular formula is C3H7Bi. The summed E-state index contributed by atoms with van der Waals surface area (Å²) in [6.07, 6.45) is 1.95. The Balaban J connectivity index is 2.30. The molecule has 0 aliphatic rings. The third kappa shape index (κ3) is 2.62. The molecule has 0 atom stereocenters. The van der Waals surface area contributed by atoms with Crippen molar-refractivity contribution >= 4 is 24.7 Å². The van der Waals surface area contributed by atoms with Crippen LogP contribution in [-0.2, 0) is 0 Å². The van der Waals surface area contributed by atoms with Gasteiger partial charge in [0.1, 0.15) is 0 Å². The van der Waals surface area contributed by atoms with E-state index >= 15 is 0 Å². The van der Waals surface area contributed by atoms with Gasteiger partial charge in [-0.05, 0) is 0 Å². The van der Waals surface area contributed by atoms with E-state index in [0.717, 1.165) is 24.7 Å². The third-order valence-corrected chi connectivity index (χ3v) is 1.46. The van der Waals surface area contributed by atoms with Gasteiger partial charge in [0.05, 0.1) is 0 Å². The second kappa shape index (κ2) is 3.62. The summed E-state index contributed by atoms with van der Waals surface area (Å²) in [6, 6.07) is 0. The topological polar surface area (TPSA) is 0 Å². The summed E-state index contributed by atoms with van der Waals surface area (Å²) >= 11 is 1.11. The van der Waals surface area contributed by atoms with E-state index in [1.54, 1.807) is 0 Å². The minimum atomic E-state index is 1.11. The van der Waals surface area contributed by atoms with E-state index in [1.165, 1.54) is 4.13 Å². The fourth-order valence-electron chi connectivity index (χ4n) is 0. The summed E-state index contributed by atoms with van der Waals surface area (Å²) in [6.45, 7) is 3.52. The van der Waals surface area contributed by atoms with Crippen LogP contribution in [-0.4, -0.2) is 24.7 Å². The maximum atomic E-state index is 3.52. The number of rotatable bonds is 1. The Morgan fingerprint density at radius 1 is 2.00 bits per heavy atom. The van der Waals surface area contributed by atoms with Gasteiger partial charge in [-0.15, -0.1) is 0 Å². The molecule has 0 heterocycles. The summed E-state index contributed by atoms with van der Waals surface area (Å²) in [5.41, 5.74) is 0. The summed E-state index contributed by atoms with van der Waals surface area (Å²) in [7, 11) is 0. The molecular weight excluding hydrogens is 245 g/mol. The Labute approximate surface area is 41.7 Å². The molecule has 0 aromatic heterocycles. The van der Waals surface area contributed by atoms with Crippen molar-refractivity contribution < 1.29 is 0 Å². The Bertz CT molecular complexity index is 17.2. The van der Waals surface area contributed by atoms with Crippen molar-refractivity contribution in [3.05, 3.63) is 12.7 Å². The molecule has 0 aliphatic carbocycles. The average Bonchev–Trinajstić information content (AvgIpc) is 1.37. The van der Waals surface area contributed by atoms with Crippen LogP contribution < -0.4 is 0 Å². The number of allylic oxidation sites excluding steroid dienone is 1. The molecule has 0 saturated heterocycles. The van der Waals surface area contributed by atoms with Gasteiger partial charge in [-0.1, -0.05) is 0 Å². The van der Waals surface area contributed by atoms with E-state index in [-0.39, 0.29) is 0 Å². The number of hydrogen-bond donors (Lipinski definition) is 0. The first-order valence-electron chi connectivity index (χ1n) is 1.22. The molecule has 0 N–H and O–H groups in total. The van der Waals surface area contributed by atoms with Crippen molar-refractivity contribution in [2.24, 2.45) is 0 Å². The van der Waals surface area contributed by atoms with Crippen LogP contribution in [0, 0.1) is 0 Å². The molecule has 0 aromatic rings. The predicted molar refractivity (Wildman–Crippen MR) is 23.5 cm³/mol. The predicted octanol–water partition coefficient (Wildman–Crippen LogP) is 0.224. The zero-order chi connectivity index (χ0) is 3.41. The van der Waals surface area contributed by atoms with Gasteiger partial charge in [0, 0.05) is 0 Å². The van der Waals surface area contributed by atoms with Crippen molar-refractivity contribution in [1.82, 2.24) is 0 Å². The quantitative estimate of drug-likeness (QED) is 0.462. The van der Waals surface area contributed by atoms with Crippen LogP contribution >= 0.6 is 0 Å². The zero-order valence-electron chi connectivity index (χ0n) is 2.57. The van der Waals surface area contributed by atoms with Crippen LogP contribution in [0.15, 0.2) is 12.7 Å². The Morgan fingerprint density at radius 3 is 2.25 bits per heavy atom. The SMILES string of the molecule is C=C[CH2][BiH2]. The Hall–Kier alpha value is 0.623. The number of hydrogen-bond acceptors (Lipinski definition) is 0. The van der Waals surface area contributed by atoms with Crippen molar-refractivity contribution in [1.29, 1.82) is 0 Å². The molecule has 24 valence electrons. The molecule has 0 aromatic carbocycles. The second-order valence-electron chi connectivity index (χ2n) is 0.524. The molecule has 0 bridgehead atoms. The van der Waals surface area contributed by atoms with Crippen LogP contribution in [0.5, 0.6) is 0 Å². The molecule has 0 radical (unpaired) electrons. The molecule has 0 nitrogen and oxygen atoms in total. The standard InChI is InChI=1S/C3H5.Bi.2H/c1-3-2;;;/h3H,1-2H2;;;. The van der Waals surface area contributed by atoms with Crippen LogP contribution in [0.4, 0.5) is 0 Å². The molecule has 0 spiro atoms. The van der Waals surface area contributed by atoms with Gasteiger partial charge < -0.3 is 0 Å². The minimum absolute atomic E-state index is 1.11. The van der Waals surface area contributed by atoms with Crippen molar-refractivity contribution in [3.8, 4) is 0 Å². The molecule has 1 heteroatoms. The third-order valence-electron chi connectivity index (χ3n) is 0.167. The maximum absolute atomic E-state index is 3.52. The van der Waals surface area contributed by atoms with Gasteiger partial charge in [0.25, 0.3) is 0 Å². The zero-order valence-corrected chi connectivity index (χ0v) is 7.06. The van der Waals surface area contributed by atoms with E-state index < -0.39 is 0 Å². The van der Waals surface area contributed by atoms with Gasteiger partial charge in [0.2, 0.25) is 0 Å². The van der Waals surface area contributed by atoms with Gasteiger partial charge in [-0.3, -0.25) is 0 Å². The average molecular weight is 252 g/mol. The molecule has 0 rings (SSSR count). The van der Waals surface area contributed by atoms with Gasteiger partial charge in [-0.25, -0.2) is 0 Å². The van der Waals surface area contributed by atoms with E-state index in [9.17, 15) is 0 Å². The fraction of sp³-hybridized carbons (Fsp3) is 0.333. The molecule has 0 fully saturated rings. The van der Waals surface area contributed by atoms with Crippen molar-refractivity contribution in [2.75, 3.05) is 0 Å². The van der Waals surface area contributed by atoms with E-state index in [4.69, 9.17) is 0 Å². The molecule has 4 heavy (non-hydrogen) atoms. The Morgan fingerprint density at radius 2 is 2.25 bits per heavy atom. The summed E-state index contributed by atoms with van der Waals surface area (Å²) in [5, 5.41) is 0. The van der Waals surface area contributed by atoms with Crippen LogP contribution in [0.1, 0.15) is 0 Å². The normalized spacial score (nSPS) is 6.25. The Kier molecular flexibility index (Phi) is 4.19. The second-order valence-corrected chi connectivity index (χ2v) is 2.36. The van der Waals surface area contributed by atoms with E-state index in [1.807, 2.05) is 6.08 Å². The van der Waals surface area contributed by atoms with Crippen molar-refractivity contribution in [3.63, 3.8) is 0 Å². The van der Waals surface area contributed by atoms with Crippen molar-refractivity contribution in [2.45, 2.75) is 4.13 Å². The molecule has 0 unspecified atom stereocenters. The first kappa shape index (κ1) is 4.62. The summed E-state index contributed by atoms with van der Waals surface area (Å²) in [4.78, 5) is 0. The first-order valence-corrected chi connectivity index (χ1v) is 4.40. The van der Waals surface area contributed by atoms with Crippen LogP contribution in [0.25, 0.3) is 0 Å². The van der Waals surface area contributed by atoms with Crippen LogP contribution in [0.3, 0.4) is 0 Å². The van der Waals surface area contributed by atoms with Gasteiger partial charge in [-0.2, -0.15) is 0 Å². The molecule has 0 amide bonds. The first-order chi connectivity index (χ1) is 1.91. The van der Waals surface area contributed by atoms with Gasteiger partial charge in [0.15, 0.2) is 0 Å². The summed E-state index contributed by atoms with van der Waals surface area (Å²) < 4.78 is 1.25. The van der Waals surface area contributed by atoms with Crippen LogP contribution in [0.2, 0.25) is 4.13 Å². The molecule has 0 aliphatic heterocycles. The molecule has 0 saturated carbocycles. The van der Waals surface area contributed by atoms with Gasteiger partial charge >= 0.3 is 41.5 Å². The monoisotopic (exact) mass is 252 g/mol. The van der Waals surface area contributed by atoms with E-state index in [0.29, 0.717) is 0 Å². The summed E-state index contributed by atoms with van der Waals surface area (Å²) in [5.74, 6) is 0. The fourth-order valence-corrected chi connectivity index (χ4v) is 0. The van der Waals surface area contributed by atoms with E-state index in [2.05, 4.69) is 6.58 Å².